The van der Waals surface area contributed by atoms with Gasteiger partial charge in [0.05, 0.1) is 12.1 Å². The van der Waals surface area contributed by atoms with Gasteiger partial charge in [0.25, 0.3) is 0 Å². The lowest BCUT2D eigenvalue weighted by molar-refractivity contribution is -0.141. The minimum absolute atomic E-state index is 0.0384. The van der Waals surface area contributed by atoms with E-state index in [4.69, 9.17) is 0 Å². The fourth-order valence-electron chi connectivity index (χ4n) is 4.28. The molecule has 1 heterocycles. The molecule has 1 unspecified atom stereocenters. The van der Waals surface area contributed by atoms with E-state index in [0.717, 1.165) is 25.8 Å². The fourth-order valence-corrected chi connectivity index (χ4v) is 4.28. The zero-order valence-corrected chi connectivity index (χ0v) is 20.6. The van der Waals surface area contributed by atoms with Crippen LogP contribution >= 0.6 is 0 Å². The first-order chi connectivity index (χ1) is 14.4. The molecule has 31 heavy (non-hydrogen) atoms. The Morgan fingerprint density at radius 3 is 2.16 bits per heavy atom. The molecule has 2 N–H and O–H groups in total. The molecule has 0 saturated carbocycles. The predicted molar refractivity (Wildman–Crippen MR) is 124 cm³/mol. The SMILES string of the molecule is CCN(C(=O)[C@@H](NC(=O)C1CCCCN1C(C)C)C(C)C)[C@@H](C=C(C)C(=O)O)C(C)C. The number of carbonyl (C=O) groups excluding carboxylic acids is 2. The molecule has 0 radical (unpaired) electrons. The number of hydrogen-bond donors (Lipinski definition) is 2. The second-order valence-electron chi connectivity index (χ2n) is 9.59. The third-order valence-electron chi connectivity index (χ3n) is 6.17. The molecule has 7 nitrogen and oxygen atoms in total. The van der Waals surface area contributed by atoms with Crippen LogP contribution in [0.2, 0.25) is 0 Å². The number of aliphatic carboxylic acids is 1. The molecule has 0 aromatic rings. The molecule has 1 rings (SSSR count). The van der Waals surface area contributed by atoms with Crippen LogP contribution in [-0.2, 0) is 14.4 Å². The second-order valence-corrected chi connectivity index (χ2v) is 9.59. The van der Waals surface area contributed by atoms with Crippen LogP contribution in [0.15, 0.2) is 11.6 Å². The number of rotatable bonds is 10. The molecule has 178 valence electrons. The lowest BCUT2D eigenvalue weighted by atomic mass is 9.95. The monoisotopic (exact) mass is 437 g/mol. The van der Waals surface area contributed by atoms with Crippen molar-refractivity contribution in [2.24, 2.45) is 11.8 Å². The lowest BCUT2D eigenvalue weighted by Crippen LogP contribution is -2.59. The first-order valence-electron chi connectivity index (χ1n) is 11.7. The van der Waals surface area contributed by atoms with Gasteiger partial charge in [-0.2, -0.15) is 0 Å². The van der Waals surface area contributed by atoms with Gasteiger partial charge in [-0.3, -0.25) is 14.5 Å². The van der Waals surface area contributed by atoms with Crippen molar-refractivity contribution in [3.8, 4) is 0 Å². The van der Waals surface area contributed by atoms with E-state index >= 15 is 0 Å². The molecule has 0 aliphatic carbocycles. The van der Waals surface area contributed by atoms with E-state index in [0.29, 0.717) is 6.54 Å². The summed E-state index contributed by atoms with van der Waals surface area (Å²) in [6.07, 6.45) is 4.55. The number of piperidine rings is 1. The van der Waals surface area contributed by atoms with Crippen LogP contribution in [0.5, 0.6) is 0 Å². The van der Waals surface area contributed by atoms with Crippen molar-refractivity contribution in [2.45, 2.75) is 98.8 Å². The third-order valence-corrected chi connectivity index (χ3v) is 6.17. The Morgan fingerprint density at radius 1 is 1.10 bits per heavy atom. The molecule has 0 spiro atoms. The Labute approximate surface area is 188 Å². The quantitative estimate of drug-likeness (QED) is 0.512. The summed E-state index contributed by atoms with van der Waals surface area (Å²) in [5, 5.41) is 12.3. The molecule has 1 aliphatic heterocycles. The number of amides is 2. The minimum atomic E-state index is -0.992. The number of hydrogen-bond acceptors (Lipinski definition) is 4. The van der Waals surface area contributed by atoms with E-state index in [9.17, 15) is 19.5 Å². The summed E-state index contributed by atoms with van der Waals surface area (Å²) in [6, 6.07) is -0.949. The van der Waals surface area contributed by atoms with Crippen LogP contribution < -0.4 is 5.32 Å². The number of carboxylic acids is 1. The Hall–Kier alpha value is -1.89. The molecular weight excluding hydrogens is 394 g/mol. The first-order valence-corrected chi connectivity index (χ1v) is 11.7. The Balaban J connectivity index is 3.13. The van der Waals surface area contributed by atoms with Crippen molar-refractivity contribution < 1.29 is 19.5 Å². The van der Waals surface area contributed by atoms with Crippen LogP contribution in [-0.4, -0.2) is 69.9 Å². The van der Waals surface area contributed by atoms with Crippen LogP contribution in [0.4, 0.5) is 0 Å². The molecule has 1 aliphatic rings. The number of nitrogens with one attached hydrogen (secondary N) is 1. The van der Waals surface area contributed by atoms with Crippen molar-refractivity contribution >= 4 is 17.8 Å². The summed E-state index contributed by atoms with van der Waals surface area (Å²) < 4.78 is 0. The molecule has 0 bridgehead atoms. The van der Waals surface area contributed by atoms with Gasteiger partial charge in [-0.25, -0.2) is 4.79 Å². The molecule has 1 fully saturated rings. The summed E-state index contributed by atoms with van der Waals surface area (Å²) in [5.41, 5.74) is 0.213. The molecule has 0 aromatic heterocycles. The molecular formula is C24H43N3O4. The van der Waals surface area contributed by atoms with Gasteiger partial charge in [0.1, 0.15) is 6.04 Å². The van der Waals surface area contributed by atoms with Gasteiger partial charge in [0, 0.05) is 18.2 Å². The zero-order chi connectivity index (χ0) is 23.9. The predicted octanol–water partition coefficient (Wildman–Crippen LogP) is 3.29. The standard InChI is InChI=1S/C24H43N3O4/c1-9-26(20(15(2)3)14-18(8)24(30)31)23(29)21(16(4)5)25-22(28)19-12-10-11-13-27(19)17(6)7/h14-17,19-21H,9-13H2,1-8H3,(H,25,28)(H,30,31)/t19?,20-,21-/m0/s1. The van der Waals surface area contributed by atoms with E-state index < -0.39 is 12.0 Å². The summed E-state index contributed by atoms with van der Waals surface area (Å²) >= 11 is 0. The van der Waals surface area contributed by atoms with Crippen molar-refractivity contribution in [1.82, 2.24) is 15.1 Å². The smallest absolute Gasteiger partial charge is 0.331 e. The maximum absolute atomic E-state index is 13.6. The maximum Gasteiger partial charge on any atom is 0.331 e. The van der Waals surface area contributed by atoms with E-state index in [2.05, 4.69) is 24.1 Å². The molecule has 2 amide bonds. The summed E-state index contributed by atoms with van der Waals surface area (Å²) in [7, 11) is 0. The van der Waals surface area contributed by atoms with Crippen LogP contribution in [0, 0.1) is 11.8 Å². The van der Waals surface area contributed by atoms with Crippen molar-refractivity contribution in [2.75, 3.05) is 13.1 Å². The second kappa shape index (κ2) is 12.2. The highest BCUT2D eigenvalue weighted by Crippen LogP contribution is 2.22. The Kier molecular flexibility index (Phi) is 10.7. The highest BCUT2D eigenvalue weighted by molar-refractivity contribution is 5.90. The number of likely N-dealkylation sites (tertiary alicyclic amines) is 1. The number of carbonyl (C=O) groups is 3. The van der Waals surface area contributed by atoms with E-state index in [1.54, 1.807) is 17.9 Å². The van der Waals surface area contributed by atoms with Gasteiger partial charge >= 0.3 is 5.97 Å². The zero-order valence-electron chi connectivity index (χ0n) is 20.6. The topological polar surface area (TPSA) is 90.0 Å². The fraction of sp³-hybridized carbons (Fsp3) is 0.792. The molecule has 0 aromatic carbocycles. The number of carboxylic acid groups (broad SMARTS) is 1. The largest absolute Gasteiger partial charge is 0.478 e. The Bertz CT molecular complexity index is 657. The normalized spacial score (nSPS) is 20.1. The third kappa shape index (κ3) is 7.34. The van der Waals surface area contributed by atoms with Gasteiger partial charge in [-0.05, 0) is 58.9 Å². The highest BCUT2D eigenvalue weighted by atomic mass is 16.4. The van der Waals surface area contributed by atoms with Crippen molar-refractivity contribution in [1.29, 1.82) is 0 Å². The summed E-state index contributed by atoms with van der Waals surface area (Å²) in [6.45, 7) is 16.8. The van der Waals surface area contributed by atoms with Crippen molar-refractivity contribution in [3.05, 3.63) is 11.6 Å². The van der Waals surface area contributed by atoms with Crippen molar-refractivity contribution in [3.63, 3.8) is 0 Å². The van der Waals surface area contributed by atoms with Gasteiger partial charge in [0.2, 0.25) is 11.8 Å². The Morgan fingerprint density at radius 2 is 1.71 bits per heavy atom. The van der Waals surface area contributed by atoms with E-state index in [-0.39, 0.29) is 47.3 Å². The summed E-state index contributed by atoms with van der Waals surface area (Å²) in [5.74, 6) is -1.29. The molecule has 7 heteroatoms. The number of nitrogens with zero attached hydrogens (tertiary/aromatic N) is 2. The average Bonchev–Trinajstić information content (AvgIpc) is 2.70. The highest BCUT2D eigenvalue weighted by Gasteiger charge is 2.36. The molecule has 3 atom stereocenters. The van der Waals surface area contributed by atoms with E-state index in [1.807, 2.05) is 34.6 Å². The maximum atomic E-state index is 13.6. The minimum Gasteiger partial charge on any atom is -0.478 e. The number of likely N-dealkylation sites (N-methyl/N-ethyl adjacent to an activating group) is 1. The first kappa shape index (κ1) is 27.1. The van der Waals surface area contributed by atoms with Gasteiger partial charge in [-0.1, -0.05) is 40.2 Å². The van der Waals surface area contributed by atoms with Crippen LogP contribution in [0.3, 0.4) is 0 Å². The van der Waals surface area contributed by atoms with Crippen LogP contribution in [0.1, 0.15) is 74.7 Å². The molecule has 1 saturated heterocycles. The van der Waals surface area contributed by atoms with Crippen LogP contribution in [0.25, 0.3) is 0 Å². The van der Waals surface area contributed by atoms with E-state index in [1.165, 1.54) is 0 Å². The summed E-state index contributed by atoms with van der Waals surface area (Å²) in [4.78, 5) is 42.0. The lowest BCUT2D eigenvalue weighted by Gasteiger charge is -2.39. The average molecular weight is 438 g/mol. The van der Waals surface area contributed by atoms with Gasteiger partial charge in [0.15, 0.2) is 0 Å². The van der Waals surface area contributed by atoms with Gasteiger partial charge < -0.3 is 15.3 Å². The van der Waals surface area contributed by atoms with Gasteiger partial charge in [-0.15, -0.1) is 0 Å².